The molecule has 0 spiro atoms. The van der Waals surface area contributed by atoms with Gasteiger partial charge in [0, 0.05) is 23.2 Å². The van der Waals surface area contributed by atoms with Gasteiger partial charge < -0.3 is 11.1 Å². The van der Waals surface area contributed by atoms with Gasteiger partial charge in [-0.15, -0.1) is 11.3 Å². The standard InChI is InChI=1S/C17H15N3OS/c18-10-13-8-4-5-9-14(13)19-16(21)15-11-22-17(20-15)12-6-2-1-3-7-12/h1-9,11H,10,18H2,(H,19,21). The van der Waals surface area contributed by atoms with Crippen LogP contribution in [0.3, 0.4) is 0 Å². The van der Waals surface area contributed by atoms with Crippen molar-refractivity contribution in [2.45, 2.75) is 6.54 Å². The van der Waals surface area contributed by atoms with Gasteiger partial charge in [0.05, 0.1) is 0 Å². The van der Waals surface area contributed by atoms with E-state index in [2.05, 4.69) is 10.3 Å². The maximum Gasteiger partial charge on any atom is 0.275 e. The third kappa shape index (κ3) is 3.05. The maximum atomic E-state index is 12.3. The van der Waals surface area contributed by atoms with Crippen molar-refractivity contribution >= 4 is 22.9 Å². The number of nitrogens with one attached hydrogen (secondary N) is 1. The van der Waals surface area contributed by atoms with Gasteiger partial charge in [0.25, 0.3) is 5.91 Å². The molecule has 2 aromatic carbocycles. The molecule has 22 heavy (non-hydrogen) atoms. The SMILES string of the molecule is NCc1ccccc1NC(=O)c1csc(-c2ccccc2)n1. The minimum Gasteiger partial charge on any atom is -0.326 e. The molecule has 0 saturated carbocycles. The lowest BCUT2D eigenvalue weighted by atomic mass is 10.2. The quantitative estimate of drug-likeness (QED) is 0.775. The monoisotopic (exact) mass is 309 g/mol. The number of carbonyl (C=O) groups excluding carboxylic acids is 1. The highest BCUT2D eigenvalue weighted by Crippen LogP contribution is 2.24. The molecular formula is C17H15N3OS. The minimum atomic E-state index is -0.223. The van der Waals surface area contributed by atoms with Gasteiger partial charge in [-0.25, -0.2) is 4.98 Å². The van der Waals surface area contributed by atoms with Crippen molar-refractivity contribution < 1.29 is 4.79 Å². The molecule has 0 unspecified atom stereocenters. The molecule has 0 aliphatic carbocycles. The van der Waals surface area contributed by atoms with Crippen molar-refractivity contribution in [2.75, 3.05) is 5.32 Å². The van der Waals surface area contributed by atoms with Crippen LogP contribution in [0.25, 0.3) is 10.6 Å². The van der Waals surface area contributed by atoms with Crippen LogP contribution in [0, 0.1) is 0 Å². The first-order chi connectivity index (χ1) is 10.8. The van der Waals surface area contributed by atoms with E-state index in [-0.39, 0.29) is 5.91 Å². The van der Waals surface area contributed by atoms with Crippen LogP contribution < -0.4 is 11.1 Å². The number of amides is 1. The molecule has 0 atom stereocenters. The summed E-state index contributed by atoms with van der Waals surface area (Å²) < 4.78 is 0. The van der Waals surface area contributed by atoms with E-state index >= 15 is 0 Å². The number of hydrogen-bond donors (Lipinski definition) is 2. The summed E-state index contributed by atoms with van der Waals surface area (Å²) in [5, 5.41) is 5.47. The van der Waals surface area contributed by atoms with Crippen LogP contribution in [-0.4, -0.2) is 10.9 Å². The zero-order chi connectivity index (χ0) is 15.4. The minimum absolute atomic E-state index is 0.223. The van der Waals surface area contributed by atoms with E-state index in [9.17, 15) is 4.79 Å². The van der Waals surface area contributed by atoms with E-state index in [0.717, 1.165) is 21.8 Å². The molecule has 1 amide bonds. The Bertz CT molecular complexity index is 783. The fourth-order valence-corrected chi connectivity index (χ4v) is 2.90. The first kappa shape index (κ1) is 14.4. The molecule has 0 bridgehead atoms. The number of nitrogens with zero attached hydrogens (tertiary/aromatic N) is 1. The molecule has 4 nitrogen and oxygen atoms in total. The Kier molecular flexibility index (Phi) is 4.27. The Morgan fingerprint density at radius 1 is 1.09 bits per heavy atom. The number of aromatic nitrogens is 1. The third-order valence-corrected chi connectivity index (χ3v) is 4.13. The van der Waals surface area contributed by atoms with Crippen molar-refractivity contribution in [1.82, 2.24) is 4.98 Å². The lowest BCUT2D eigenvalue weighted by Crippen LogP contribution is -2.14. The average molecular weight is 309 g/mol. The molecule has 5 heteroatoms. The highest BCUT2D eigenvalue weighted by atomic mass is 32.1. The second kappa shape index (κ2) is 6.51. The van der Waals surface area contributed by atoms with Gasteiger partial charge in [-0.3, -0.25) is 4.79 Å². The van der Waals surface area contributed by atoms with Gasteiger partial charge in [0.1, 0.15) is 10.7 Å². The van der Waals surface area contributed by atoms with Crippen molar-refractivity contribution in [3.8, 4) is 10.6 Å². The van der Waals surface area contributed by atoms with Crippen LogP contribution in [0.5, 0.6) is 0 Å². The molecule has 0 saturated heterocycles. The molecule has 1 heterocycles. The lowest BCUT2D eigenvalue weighted by Gasteiger charge is -2.08. The van der Waals surface area contributed by atoms with E-state index in [1.165, 1.54) is 11.3 Å². The second-order valence-corrected chi connectivity index (χ2v) is 5.58. The molecule has 3 N–H and O–H groups in total. The summed E-state index contributed by atoms with van der Waals surface area (Å²) in [7, 11) is 0. The van der Waals surface area contributed by atoms with Crippen LogP contribution in [-0.2, 0) is 6.54 Å². The highest BCUT2D eigenvalue weighted by Gasteiger charge is 2.13. The van der Waals surface area contributed by atoms with Crippen LogP contribution in [0.1, 0.15) is 16.1 Å². The van der Waals surface area contributed by atoms with Crippen molar-refractivity contribution in [3.05, 3.63) is 71.2 Å². The van der Waals surface area contributed by atoms with E-state index in [1.54, 1.807) is 5.38 Å². The molecule has 110 valence electrons. The maximum absolute atomic E-state index is 12.3. The molecule has 0 radical (unpaired) electrons. The number of thiazole rings is 1. The Hall–Kier alpha value is -2.50. The Morgan fingerprint density at radius 2 is 1.82 bits per heavy atom. The van der Waals surface area contributed by atoms with Gasteiger partial charge in [0.2, 0.25) is 0 Å². The average Bonchev–Trinajstić information content (AvgIpc) is 3.06. The van der Waals surface area contributed by atoms with Crippen LogP contribution in [0.15, 0.2) is 60.0 Å². The van der Waals surface area contributed by atoms with E-state index in [4.69, 9.17) is 5.73 Å². The number of nitrogens with two attached hydrogens (primary N) is 1. The van der Waals surface area contributed by atoms with Gasteiger partial charge in [-0.2, -0.15) is 0 Å². The Balaban J connectivity index is 1.80. The summed E-state index contributed by atoms with van der Waals surface area (Å²) in [5.74, 6) is -0.223. The number of benzene rings is 2. The molecular weight excluding hydrogens is 294 g/mol. The molecule has 1 aromatic heterocycles. The number of anilines is 1. The van der Waals surface area contributed by atoms with Crippen LogP contribution in [0.2, 0.25) is 0 Å². The fourth-order valence-electron chi connectivity index (χ4n) is 2.10. The summed E-state index contributed by atoms with van der Waals surface area (Å²) in [5.41, 5.74) is 8.72. The predicted octanol–water partition coefficient (Wildman–Crippen LogP) is 3.52. The second-order valence-electron chi connectivity index (χ2n) is 4.72. The predicted molar refractivity (Wildman–Crippen MR) is 89.8 cm³/mol. The zero-order valence-electron chi connectivity index (χ0n) is 11.8. The Labute approximate surface area is 132 Å². The summed E-state index contributed by atoms with van der Waals surface area (Å²) in [6, 6.07) is 17.3. The van der Waals surface area contributed by atoms with Gasteiger partial charge >= 0.3 is 0 Å². The summed E-state index contributed by atoms with van der Waals surface area (Å²) in [6.45, 7) is 0.378. The highest BCUT2D eigenvalue weighted by molar-refractivity contribution is 7.13. The van der Waals surface area contributed by atoms with Crippen molar-refractivity contribution in [2.24, 2.45) is 5.73 Å². The fraction of sp³-hybridized carbons (Fsp3) is 0.0588. The van der Waals surface area contributed by atoms with Crippen molar-refractivity contribution in [3.63, 3.8) is 0 Å². The number of rotatable bonds is 4. The summed E-state index contributed by atoms with van der Waals surface area (Å²) in [4.78, 5) is 16.7. The number of hydrogen-bond acceptors (Lipinski definition) is 4. The summed E-state index contributed by atoms with van der Waals surface area (Å²) >= 11 is 1.45. The largest absolute Gasteiger partial charge is 0.326 e. The molecule has 3 aromatic rings. The van der Waals surface area contributed by atoms with Gasteiger partial charge in [-0.05, 0) is 11.6 Å². The van der Waals surface area contributed by atoms with E-state index in [1.807, 2.05) is 54.6 Å². The normalized spacial score (nSPS) is 10.4. The molecule has 0 aliphatic heterocycles. The van der Waals surface area contributed by atoms with Crippen molar-refractivity contribution in [1.29, 1.82) is 0 Å². The lowest BCUT2D eigenvalue weighted by molar-refractivity contribution is 0.102. The first-order valence-electron chi connectivity index (χ1n) is 6.88. The summed E-state index contributed by atoms with van der Waals surface area (Å²) in [6.07, 6.45) is 0. The van der Waals surface area contributed by atoms with E-state index < -0.39 is 0 Å². The van der Waals surface area contributed by atoms with Crippen LogP contribution in [0.4, 0.5) is 5.69 Å². The van der Waals surface area contributed by atoms with Crippen LogP contribution >= 0.6 is 11.3 Å². The molecule has 3 rings (SSSR count). The molecule has 0 aliphatic rings. The van der Waals surface area contributed by atoms with Gasteiger partial charge in [-0.1, -0.05) is 48.5 Å². The third-order valence-electron chi connectivity index (χ3n) is 3.24. The topological polar surface area (TPSA) is 68.0 Å². The Morgan fingerprint density at radius 3 is 2.59 bits per heavy atom. The number of carbonyl (C=O) groups is 1. The smallest absolute Gasteiger partial charge is 0.275 e. The van der Waals surface area contributed by atoms with E-state index in [0.29, 0.717) is 12.2 Å². The van der Waals surface area contributed by atoms with Gasteiger partial charge in [0.15, 0.2) is 0 Å². The number of para-hydroxylation sites is 1. The first-order valence-corrected chi connectivity index (χ1v) is 7.76. The zero-order valence-corrected chi connectivity index (χ0v) is 12.6. The molecule has 0 fully saturated rings.